The third-order valence-corrected chi connectivity index (χ3v) is 3.13. The van der Waals surface area contributed by atoms with Crippen LogP contribution in [0.4, 0.5) is 0 Å². The van der Waals surface area contributed by atoms with Crippen LogP contribution in [-0.2, 0) is 4.79 Å². The lowest BCUT2D eigenvalue weighted by Gasteiger charge is -2.11. The molecule has 0 spiro atoms. The summed E-state index contributed by atoms with van der Waals surface area (Å²) in [5.74, 6) is -0.948. The Morgan fingerprint density at radius 2 is 2.39 bits per heavy atom. The minimum atomic E-state index is -0.891. The third-order valence-electron chi connectivity index (χ3n) is 2.20. The Labute approximate surface area is 110 Å². The Kier molecular flexibility index (Phi) is 5.38. The van der Waals surface area contributed by atoms with E-state index in [0.29, 0.717) is 5.16 Å². The first-order chi connectivity index (χ1) is 8.60. The number of rotatable bonds is 7. The topological polar surface area (TPSA) is 68.0 Å². The predicted octanol–water partition coefficient (Wildman–Crippen LogP) is 2.45. The van der Waals surface area contributed by atoms with E-state index in [0.717, 1.165) is 29.5 Å². The number of thioether (sulfide) groups is 1. The summed E-state index contributed by atoms with van der Waals surface area (Å²) in [6.07, 6.45) is 5.89. The van der Waals surface area contributed by atoms with Crippen molar-refractivity contribution in [1.29, 1.82) is 0 Å². The Morgan fingerprint density at radius 3 is 2.94 bits per heavy atom. The molecule has 96 valence electrons. The number of carboxylic acids is 1. The highest BCUT2D eigenvalue weighted by atomic mass is 32.2. The molecule has 0 unspecified atom stereocenters. The summed E-state index contributed by atoms with van der Waals surface area (Å²) in [5, 5.41) is 16.8. The highest BCUT2D eigenvalue weighted by Gasteiger charge is 2.11. The summed E-state index contributed by atoms with van der Waals surface area (Å²) in [4.78, 5) is 10.5. The van der Waals surface area contributed by atoms with Crippen LogP contribution in [0.25, 0.3) is 5.70 Å². The lowest BCUT2D eigenvalue weighted by Crippen LogP contribution is -2.03. The number of allylic oxidation sites excluding steroid dienone is 4. The monoisotopic (exact) mass is 265 g/mol. The summed E-state index contributed by atoms with van der Waals surface area (Å²) < 4.78 is 1.69. The van der Waals surface area contributed by atoms with Crippen molar-refractivity contribution in [3.05, 3.63) is 37.2 Å². The van der Waals surface area contributed by atoms with Crippen LogP contribution in [0.3, 0.4) is 0 Å². The molecule has 0 fully saturated rings. The lowest BCUT2D eigenvalue weighted by atomic mass is 10.1. The molecule has 1 aromatic heterocycles. The number of hydrogen-bond donors (Lipinski definition) is 1. The Balaban J connectivity index is 2.92. The zero-order valence-electron chi connectivity index (χ0n) is 10.2. The molecule has 18 heavy (non-hydrogen) atoms. The van der Waals surface area contributed by atoms with Crippen molar-refractivity contribution in [2.75, 3.05) is 5.75 Å². The van der Waals surface area contributed by atoms with Gasteiger partial charge in [0.1, 0.15) is 6.33 Å². The van der Waals surface area contributed by atoms with Crippen LogP contribution < -0.4 is 0 Å². The van der Waals surface area contributed by atoms with Gasteiger partial charge in [0.2, 0.25) is 0 Å². The van der Waals surface area contributed by atoms with E-state index in [-0.39, 0.29) is 5.75 Å². The van der Waals surface area contributed by atoms with Gasteiger partial charge >= 0.3 is 5.97 Å². The highest BCUT2D eigenvalue weighted by Crippen LogP contribution is 2.23. The molecule has 0 atom stereocenters. The van der Waals surface area contributed by atoms with Gasteiger partial charge in [-0.1, -0.05) is 44.0 Å². The molecular formula is C12H15N3O2S. The molecule has 0 aliphatic rings. The van der Waals surface area contributed by atoms with Crippen LogP contribution in [0.2, 0.25) is 0 Å². The van der Waals surface area contributed by atoms with Crippen LogP contribution in [-0.4, -0.2) is 31.6 Å². The van der Waals surface area contributed by atoms with Crippen molar-refractivity contribution in [2.24, 2.45) is 0 Å². The van der Waals surface area contributed by atoms with E-state index in [2.05, 4.69) is 23.4 Å². The number of aromatic nitrogens is 3. The van der Waals surface area contributed by atoms with Gasteiger partial charge < -0.3 is 5.11 Å². The van der Waals surface area contributed by atoms with Gasteiger partial charge in [0.05, 0.1) is 5.75 Å². The van der Waals surface area contributed by atoms with Gasteiger partial charge in [0.15, 0.2) is 5.16 Å². The third kappa shape index (κ3) is 3.59. The van der Waals surface area contributed by atoms with E-state index in [1.807, 2.05) is 13.0 Å². The van der Waals surface area contributed by atoms with Crippen molar-refractivity contribution in [2.45, 2.75) is 18.5 Å². The molecular weight excluding hydrogens is 250 g/mol. The second kappa shape index (κ2) is 6.80. The molecule has 0 bridgehead atoms. The molecule has 1 N–H and O–H groups in total. The van der Waals surface area contributed by atoms with Gasteiger partial charge in [-0.25, -0.2) is 0 Å². The molecule has 1 rings (SSSR count). The maximum absolute atomic E-state index is 10.5. The Hall–Kier alpha value is -1.82. The first-order valence-electron chi connectivity index (χ1n) is 5.36. The normalized spacial score (nSPS) is 11.3. The van der Waals surface area contributed by atoms with Crippen molar-refractivity contribution in [1.82, 2.24) is 14.8 Å². The fourth-order valence-electron chi connectivity index (χ4n) is 1.35. The Morgan fingerprint density at radius 1 is 1.67 bits per heavy atom. The zero-order valence-corrected chi connectivity index (χ0v) is 11.0. The minimum Gasteiger partial charge on any atom is -0.481 e. The van der Waals surface area contributed by atoms with E-state index in [9.17, 15) is 4.79 Å². The molecule has 5 nitrogen and oxygen atoms in total. The van der Waals surface area contributed by atoms with Gasteiger partial charge in [-0.15, -0.1) is 10.2 Å². The molecule has 1 heterocycles. The van der Waals surface area contributed by atoms with E-state index < -0.39 is 5.97 Å². The smallest absolute Gasteiger partial charge is 0.313 e. The second-order valence-electron chi connectivity index (χ2n) is 3.39. The van der Waals surface area contributed by atoms with Crippen molar-refractivity contribution >= 4 is 23.4 Å². The molecule has 0 radical (unpaired) electrons. The quantitative estimate of drug-likeness (QED) is 0.606. The van der Waals surface area contributed by atoms with Crippen LogP contribution in [0.5, 0.6) is 0 Å². The summed E-state index contributed by atoms with van der Waals surface area (Å²) in [6, 6.07) is 0. The average molecular weight is 265 g/mol. The summed E-state index contributed by atoms with van der Waals surface area (Å²) in [6.45, 7) is 9.64. The summed E-state index contributed by atoms with van der Waals surface area (Å²) in [7, 11) is 0. The van der Waals surface area contributed by atoms with E-state index in [4.69, 9.17) is 5.11 Å². The maximum Gasteiger partial charge on any atom is 0.313 e. The molecule has 0 aliphatic carbocycles. The van der Waals surface area contributed by atoms with Gasteiger partial charge in [-0.2, -0.15) is 0 Å². The highest BCUT2D eigenvalue weighted by molar-refractivity contribution is 7.99. The fraction of sp³-hybridized carbons (Fsp3) is 0.250. The summed E-state index contributed by atoms with van der Waals surface area (Å²) in [5.41, 5.74) is 1.73. The van der Waals surface area contributed by atoms with Gasteiger partial charge in [-0.05, 0) is 12.0 Å². The largest absolute Gasteiger partial charge is 0.481 e. The van der Waals surface area contributed by atoms with Gasteiger partial charge in [0, 0.05) is 5.70 Å². The van der Waals surface area contributed by atoms with Crippen molar-refractivity contribution < 1.29 is 9.90 Å². The Bertz CT molecular complexity index is 491. The number of hydrogen-bond acceptors (Lipinski definition) is 4. The number of nitrogens with zero attached hydrogens (tertiary/aromatic N) is 3. The van der Waals surface area contributed by atoms with Crippen molar-refractivity contribution in [3.63, 3.8) is 0 Å². The van der Waals surface area contributed by atoms with Crippen LogP contribution in [0, 0.1) is 0 Å². The van der Waals surface area contributed by atoms with Gasteiger partial charge in [-0.3, -0.25) is 9.36 Å². The zero-order chi connectivity index (χ0) is 13.5. The maximum atomic E-state index is 10.5. The molecule has 0 aliphatic heterocycles. The van der Waals surface area contributed by atoms with Crippen LogP contribution in [0.1, 0.15) is 13.3 Å². The van der Waals surface area contributed by atoms with Crippen LogP contribution >= 0.6 is 11.8 Å². The SMILES string of the molecule is C=CC=C(CC)C(=C)n1cnnc1SCC(=O)O. The molecule has 0 aromatic carbocycles. The van der Waals surface area contributed by atoms with Crippen LogP contribution in [0.15, 0.2) is 42.4 Å². The second-order valence-corrected chi connectivity index (χ2v) is 4.34. The molecule has 1 aromatic rings. The molecule has 0 amide bonds. The molecule has 6 heteroatoms. The van der Waals surface area contributed by atoms with Crippen molar-refractivity contribution in [3.8, 4) is 0 Å². The first-order valence-corrected chi connectivity index (χ1v) is 6.34. The molecule has 0 saturated heterocycles. The van der Waals surface area contributed by atoms with E-state index >= 15 is 0 Å². The minimum absolute atomic E-state index is 0.0569. The number of aliphatic carboxylic acids is 1. The average Bonchev–Trinajstić information content (AvgIpc) is 2.80. The first kappa shape index (κ1) is 14.2. The summed E-state index contributed by atoms with van der Waals surface area (Å²) >= 11 is 1.11. The fourth-order valence-corrected chi connectivity index (χ4v) is 2.00. The van der Waals surface area contributed by atoms with E-state index in [1.54, 1.807) is 10.6 Å². The van der Waals surface area contributed by atoms with Gasteiger partial charge in [0.25, 0.3) is 0 Å². The number of carboxylic acid groups (broad SMARTS) is 1. The van der Waals surface area contributed by atoms with E-state index in [1.165, 1.54) is 6.33 Å². The molecule has 0 saturated carbocycles. The predicted molar refractivity (Wildman–Crippen MR) is 72.3 cm³/mol. The standard InChI is InChI=1S/C12H15N3O2S/c1-4-6-10(5-2)9(3)15-8-13-14-12(15)18-7-11(16)17/h4,6,8H,1,3,5,7H2,2H3,(H,16,17). The number of carbonyl (C=O) groups is 1. The lowest BCUT2D eigenvalue weighted by molar-refractivity contribution is -0.133.